The van der Waals surface area contributed by atoms with Gasteiger partial charge in [-0.3, -0.25) is 4.79 Å². The Hall–Kier alpha value is -2.12. The molecular formula is C22H24F2N2O2S. The fraction of sp³-hybridized carbons (Fsp3) is 0.409. The maximum Gasteiger partial charge on any atom is 0.226 e. The van der Waals surface area contributed by atoms with Crippen LogP contribution in [0.4, 0.5) is 8.78 Å². The Morgan fingerprint density at radius 3 is 2.55 bits per heavy atom. The molecule has 2 aromatic carbocycles. The molecule has 1 heterocycles. The Morgan fingerprint density at radius 1 is 1.17 bits per heavy atom. The number of hydrogen-bond acceptors (Lipinski definition) is 2. The van der Waals surface area contributed by atoms with E-state index < -0.39 is 22.6 Å². The zero-order valence-corrected chi connectivity index (χ0v) is 17.1. The van der Waals surface area contributed by atoms with Crippen LogP contribution in [-0.4, -0.2) is 39.9 Å². The molecule has 1 aliphatic carbocycles. The lowest BCUT2D eigenvalue weighted by atomic mass is 9.94. The monoisotopic (exact) mass is 418 g/mol. The summed E-state index contributed by atoms with van der Waals surface area (Å²) in [6, 6.07) is 11.1. The maximum atomic E-state index is 14.3. The van der Waals surface area contributed by atoms with Crippen LogP contribution in [-0.2, 0) is 15.8 Å². The number of halogens is 2. The second kappa shape index (κ2) is 8.32. The standard InChI is InChI=1S/C22H24F2N2O2S/c1-2-29(28)25-13-14-10-11-26(14)22(27)18-12-17(18)15-6-3-4-7-16(15)21-19(23)8-5-9-20(21)24/h3-9,14,17-18,25H,2,10-13H2,1H3. The van der Waals surface area contributed by atoms with Crippen LogP contribution in [0.5, 0.6) is 0 Å². The third-order valence-electron chi connectivity index (χ3n) is 5.87. The van der Waals surface area contributed by atoms with E-state index in [1.165, 1.54) is 18.2 Å². The van der Waals surface area contributed by atoms with E-state index in [0.717, 1.165) is 12.0 Å². The van der Waals surface area contributed by atoms with E-state index in [4.69, 9.17) is 0 Å². The van der Waals surface area contributed by atoms with Crippen LogP contribution in [0.3, 0.4) is 0 Å². The number of nitrogens with one attached hydrogen (secondary N) is 1. The molecule has 2 fully saturated rings. The second-order valence-electron chi connectivity index (χ2n) is 7.59. The summed E-state index contributed by atoms with van der Waals surface area (Å²) in [7, 11) is -1.06. The Balaban J connectivity index is 1.49. The Morgan fingerprint density at radius 2 is 1.90 bits per heavy atom. The SMILES string of the molecule is CCS(=O)NCC1CCN1C(=O)C1CC1c1ccccc1-c1c(F)cccc1F. The van der Waals surface area contributed by atoms with E-state index in [1.807, 2.05) is 24.0 Å². The van der Waals surface area contributed by atoms with Gasteiger partial charge in [-0.1, -0.05) is 37.3 Å². The molecule has 29 heavy (non-hydrogen) atoms. The van der Waals surface area contributed by atoms with Crippen LogP contribution in [0.25, 0.3) is 11.1 Å². The molecule has 1 N–H and O–H groups in total. The fourth-order valence-electron chi connectivity index (χ4n) is 4.06. The van der Waals surface area contributed by atoms with E-state index in [2.05, 4.69) is 4.72 Å². The summed E-state index contributed by atoms with van der Waals surface area (Å²) in [5.41, 5.74) is 1.30. The lowest BCUT2D eigenvalue weighted by Crippen LogP contribution is -2.56. The zero-order valence-electron chi connectivity index (χ0n) is 16.2. The van der Waals surface area contributed by atoms with Gasteiger partial charge in [-0.05, 0) is 42.0 Å². The molecule has 1 saturated carbocycles. The van der Waals surface area contributed by atoms with Crippen molar-refractivity contribution in [2.24, 2.45) is 5.92 Å². The van der Waals surface area contributed by atoms with Gasteiger partial charge in [-0.25, -0.2) is 17.7 Å². The zero-order chi connectivity index (χ0) is 20.5. The summed E-state index contributed by atoms with van der Waals surface area (Å²) in [6.07, 6.45) is 1.58. The van der Waals surface area contributed by atoms with Gasteiger partial charge in [-0.2, -0.15) is 0 Å². The molecule has 0 spiro atoms. The number of nitrogens with zero attached hydrogens (tertiary/aromatic N) is 1. The lowest BCUT2D eigenvalue weighted by Gasteiger charge is -2.41. The molecule has 2 aliphatic rings. The third-order valence-corrected chi connectivity index (χ3v) is 6.88. The van der Waals surface area contributed by atoms with Crippen molar-refractivity contribution in [3.8, 4) is 11.1 Å². The normalized spacial score (nSPS) is 24.1. The average Bonchev–Trinajstić information content (AvgIpc) is 3.48. The second-order valence-corrected chi connectivity index (χ2v) is 9.15. The smallest absolute Gasteiger partial charge is 0.226 e. The fourth-order valence-corrected chi connectivity index (χ4v) is 4.64. The molecular weight excluding hydrogens is 394 g/mol. The summed E-state index contributed by atoms with van der Waals surface area (Å²) >= 11 is 0. The van der Waals surface area contributed by atoms with Crippen molar-refractivity contribution >= 4 is 16.9 Å². The van der Waals surface area contributed by atoms with Gasteiger partial charge >= 0.3 is 0 Å². The van der Waals surface area contributed by atoms with E-state index in [-0.39, 0.29) is 29.3 Å². The van der Waals surface area contributed by atoms with Crippen molar-refractivity contribution in [3.63, 3.8) is 0 Å². The minimum atomic E-state index is -1.06. The number of rotatable bonds is 7. The van der Waals surface area contributed by atoms with Crippen molar-refractivity contribution in [3.05, 3.63) is 59.7 Å². The highest BCUT2D eigenvalue weighted by atomic mass is 32.2. The number of carbonyl (C=O) groups excluding carboxylic acids is 1. The highest BCUT2D eigenvalue weighted by Crippen LogP contribution is 2.52. The molecule has 4 nitrogen and oxygen atoms in total. The largest absolute Gasteiger partial charge is 0.338 e. The lowest BCUT2D eigenvalue weighted by molar-refractivity contribution is -0.140. The molecule has 1 amide bonds. The van der Waals surface area contributed by atoms with Crippen molar-refractivity contribution in [1.82, 2.24) is 9.62 Å². The van der Waals surface area contributed by atoms with Crippen LogP contribution >= 0.6 is 0 Å². The van der Waals surface area contributed by atoms with Crippen molar-refractivity contribution < 1.29 is 17.8 Å². The van der Waals surface area contributed by atoms with Gasteiger partial charge in [0.05, 0.1) is 16.5 Å². The molecule has 7 heteroatoms. The molecule has 4 unspecified atom stereocenters. The number of hydrogen-bond donors (Lipinski definition) is 1. The summed E-state index contributed by atoms with van der Waals surface area (Å²) in [5, 5.41) is 0. The van der Waals surface area contributed by atoms with Gasteiger partial charge in [0.15, 0.2) is 0 Å². The molecule has 4 rings (SSSR count). The van der Waals surface area contributed by atoms with Crippen molar-refractivity contribution in [2.75, 3.05) is 18.8 Å². The number of likely N-dealkylation sites (tertiary alicyclic amines) is 1. The summed E-state index contributed by atoms with van der Waals surface area (Å²) < 4.78 is 43.2. The van der Waals surface area contributed by atoms with Gasteiger partial charge < -0.3 is 4.90 Å². The molecule has 2 aromatic rings. The van der Waals surface area contributed by atoms with Crippen LogP contribution in [0.2, 0.25) is 0 Å². The quantitative estimate of drug-likeness (QED) is 0.747. The first-order valence-corrected chi connectivity index (χ1v) is 11.3. The molecule has 4 atom stereocenters. The van der Waals surface area contributed by atoms with Crippen LogP contribution in [0.1, 0.15) is 31.2 Å². The predicted octanol–water partition coefficient (Wildman–Crippen LogP) is 3.61. The minimum Gasteiger partial charge on any atom is -0.338 e. The van der Waals surface area contributed by atoms with Gasteiger partial charge in [0.2, 0.25) is 5.91 Å². The summed E-state index contributed by atoms with van der Waals surface area (Å²) in [6.45, 7) is 3.08. The average molecular weight is 419 g/mol. The van der Waals surface area contributed by atoms with Crippen LogP contribution in [0.15, 0.2) is 42.5 Å². The maximum absolute atomic E-state index is 14.3. The molecule has 1 saturated heterocycles. The Bertz CT molecular complexity index is 932. The first-order valence-electron chi connectivity index (χ1n) is 9.97. The van der Waals surface area contributed by atoms with E-state index >= 15 is 0 Å². The van der Waals surface area contributed by atoms with Crippen molar-refractivity contribution in [1.29, 1.82) is 0 Å². The van der Waals surface area contributed by atoms with Gasteiger partial charge in [-0.15, -0.1) is 0 Å². The number of carbonyl (C=O) groups is 1. The summed E-state index contributed by atoms with van der Waals surface area (Å²) in [5.74, 6) is -0.770. The molecule has 0 aromatic heterocycles. The Labute approximate surface area is 171 Å². The third kappa shape index (κ3) is 3.98. The van der Waals surface area contributed by atoms with E-state index in [9.17, 15) is 17.8 Å². The predicted molar refractivity (Wildman–Crippen MR) is 109 cm³/mol. The topological polar surface area (TPSA) is 49.4 Å². The minimum absolute atomic E-state index is 0.0308. The van der Waals surface area contributed by atoms with Gasteiger partial charge in [0.1, 0.15) is 11.6 Å². The highest BCUT2D eigenvalue weighted by molar-refractivity contribution is 7.82. The van der Waals surface area contributed by atoms with Gasteiger partial charge in [0.25, 0.3) is 0 Å². The van der Waals surface area contributed by atoms with Crippen LogP contribution in [0, 0.1) is 17.6 Å². The highest BCUT2D eigenvalue weighted by Gasteiger charge is 2.49. The molecule has 154 valence electrons. The van der Waals surface area contributed by atoms with Crippen molar-refractivity contribution in [2.45, 2.75) is 31.7 Å². The summed E-state index contributed by atoms with van der Waals surface area (Å²) in [4.78, 5) is 14.8. The Kier molecular flexibility index (Phi) is 5.79. The number of benzene rings is 2. The van der Waals surface area contributed by atoms with Gasteiger partial charge in [0, 0.05) is 30.8 Å². The van der Waals surface area contributed by atoms with E-state index in [1.54, 1.807) is 12.1 Å². The van der Waals surface area contributed by atoms with E-state index in [0.29, 0.717) is 30.8 Å². The first-order chi connectivity index (χ1) is 14.0. The number of amides is 1. The van der Waals surface area contributed by atoms with Crippen LogP contribution < -0.4 is 4.72 Å². The molecule has 0 radical (unpaired) electrons. The molecule has 0 bridgehead atoms. The molecule has 1 aliphatic heterocycles. The first kappa shape index (κ1) is 20.2.